The fourth-order valence-electron chi connectivity index (χ4n) is 1.01. The first-order valence-electron chi connectivity index (χ1n) is 3.71. The average Bonchev–Trinajstić information content (AvgIpc) is 2.70. The van der Waals surface area contributed by atoms with Gasteiger partial charge in [-0.25, -0.2) is 0 Å². The van der Waals surface area contributed by atoms with E-state index in [-0.39, 0.29) is 24.4 Å². The van der Waals surface area contributed by atoms with Crippen LogP contribution in [-0.2, 0) is 4.79 Å². The Bertz CT molecular complexity index is 136. The molecule has 4 heteroatoms. The zero-order chi connectivity index (χ0) is 7.56. The number of rotatable bonds is 3. The minimum atomic E-state index is -0.280. The summed E-state index contributed by atoms with van der Waals surface area (Å²) in [7, 11) is 1.62. The van der Waals surface area contributed by atoms with Crippen LogP contribution < -0.4 is 11.1 Å². The van der Waals surface area contributed by atoms with Crippen molar-refractivity contribution in [3.8, 4) is 0 Å². The third-order valence-corrected chi connectivity index (χ3v) is 1.87. The van der Waals surface area contributed by atoms with E-state index in [0.29, 0.717) is 0 Å². The van der Waals surface area contributed by atoms with Crippen molar-refractivity contribution in [2.45, 2.75) is 25.3 Å². The number of carbonyl (C=O) groups is 1. The Morgan fingerprint density at radius 3 is 2.64 bits per heavy atom. The van der Waals surface area contributed by atoms with E-state index in [1.165, 1.54) is 12.8 Å². The van der Waals surface area contributed by atoms with Crippen LogP contribution in [0.4, 0.5) is 0 Å². The minimum absolute atomic E-state index is 0. The summed E-state index contributed by atoms with van der Waals surface area (Å²) in [4.78, 5) is 10.8. The van der Waals surface area contributed by atoms with Crippen molar-refractivity contribution >= 4 is 18.3 Å². The molecule has 0 aromatic rings. The second-order valence-corrected chi connectivity index (χ2v) is 2.90. The topological polar surface area (TPSA) is 55.1 Å². The van der Waals surface area contributed by atoms with E-state index < -0.39 is 0 Å². The molecular weight excluding hydrogens is 164 g/mol. The molecule has 1 saturated carbocycles. The van der Waals surface area contributed by atoms with E-state index in [2.05, 4.69) is 5.32 Å². The van der Waals surface area contributed by atoms with E-state index in [4.69, 9.17) is 5.73 Å². The molecule has 3 nitrogen and oxygen atoms in total. The molecule has 0 spiro atoms. The van der Waals surface area contributed by atoms with Crippen LogP contribution >= 0.6 is 12.4 Å². The lowest BCUT2D eigenvalue weighted by molar-refractivity contribution is -0.122. The third-order valence-electron chi connectivity index (χ3n) is 1.87. The molecule has 0 saturated heterocycles. The second kappa shape index (κ2) is 4.57. The van der Waals surface area contributed by atoms with Gasteiger partial charge in [0, 0.05) is 7.05 Å². The van der Waals surface area contributed by atoms with E-state index in [9.17, 15) is 4.79 Å². The van der Waals surface area contributed by atoms with Gasteiger partial charge in [-0.1, -0.05) is 12.8 Å². The van der Waals surface area contributed by atoms with Crippen molar-refractivity contribution in [1.29, 1.82) is 0 Å². The maximum absolute atomic E-state index is 10.8. The fourth-order valence-corrected chi connectivity index (χ4v) is 1.01. The van der Waals surface area contributed by atoms with E-state index in [1.54, 1.807) is 7.05 Å². The molecule has 1 aliphatic rings. The molecule has 0 aromatic heterocycles. The third kappa shape index (κ3) is 3.58. The van der Waals surface area contributed by atoms with Gasteiger partial charge in [0.05, 0.1) is 6.04 Å². The normalized spacial score (nSPS) is 18.4. The Labute approximate surface area is 73.1 Å². The highest BCUT2D eigenvalue weighted by molar-refractivity contribution is 5.85. The van der Waals surface area contributed by atoms with Crippen molar-refractivity contribution in [3.63, 3.8) is 0 Å². The second-order valence-electron chi connectivity index (χ2n) is 2.90. The number of likely N-dealkylation sites (N-methyl/N-ethyl adjacent to an activating group) is 1. The summed E-state index contributed by atoms with van der Waals surface area (Å²) in [6, 6.07) is -0.280. The van der Waals surface area contributed by atoms with Crippen LogP contribution in [-0.4, -0.2) is 19.0 Å². The zero-order valence-corrected chi connectivity index (χ0v) is 7.49. The summed E-state index contributed by atoms with van der Waals surface area (Å²) in [5.74, 6) is 0.694. The van der Waals surface area contributed by atoms with Crippen molar-refractivity contribution in [2.24, 2.45) is 11.7 Å². The molecule has 1 atom stereocenters. The van der Waals surface area contributed by atoms with Gasteiger partial charge in [-0.2, -0.15) is 0 Å². The van der Waals surface area contributed by atoms with Gasteiger partial charge in [0.25, 0.3) is 0 Å². The summed E-state index contributed by atoms with van der Waals surface area (Å²) in [5, 5.41) is 2.53. The number of nitrogens with one attached hydrogen (secondary N) is 1. The molecule has 1 amide bonds. The van der Waals surface area contributed by atoms with Crippen LogP contribution in [0.5, 0.6) is 0 Å². The molecular formula is C7H15ClN2O. The quantitative estimate of drug-likeness (QED) is 0.653. The average molecular weight is 179 g/mol. The van der Waals surface area contributed by atoms with Crippen molar-refractivity contribution in [2.75, 3.05) is 7.05 Å². The van der Waals surface area contributed by atoms with Crippen molar-refractivity contribution in [3.05, 3.63) is 0 Å². The van der Waals surface area contributed by atoms with Gasteiger partial charge >= 0.3 is 0 Å². The Kier molecular flexibility index (Phi) is 4.45. The SMILES string of the molecule is CNC(=O)[C@@H](N)CC1CC1.Cl. The van der Waals surface area contributed by atoms with Crippen LogP contribution in [0.3, 0.4) is 0 Å². The van der Waals surface area contributed by atoms with Crippen LogP contribution in [0.25, 0.3) is 0 Å². The molecule has 0 aliphatic heterocycles. The lowest BCUT2D eigenvalue weighted by atomic mass is 10.1. The number of hydrogen-bond donors (Lipinski definition) is 2. The molecule has 11 heavy (non-hydrogen) atoms. The van der Waals surface area contributed by atoms with Crippen LogP contribution in [0.2, 0.25) is 0 Å². The highest BCUT2D eigenvalue weighted by Crippen LogP contribution is 2.32. The van der Waals surface area contributed by atoms with Crippen molar-refractivity contribution in [1.82, 2.24) is 5.32 Å². The lowest BCUT2D eigenvalue weighted by Gasteiger charge is -2.07. The minimum Gasteiger partial charge on any atom is -0.358 e. The van der Waals surface area contributed by atoms with E-state index >= 15 is 0 Å². The largest absolute Gasteiger partial charge is 0.358 e. The fraction of sp³-hybridized carbons (Fsp3) is 0.857. The van der Waals surface area contributed by atoms with E-state index in [0.717, 1.165) is 12.3 Å². The van der Waals surface area contributed by atoms with Gasteiger partial charge in [-0.05, 0) is 12.3 Å². The van der Waals surface area contributed by atoms with Crippen molar-refractivity contribution < 1.29 is 4.79 Å². The predicted octanol–water partition coefficient (Wildman–Crippen LogP) is 0.282. The summed E-state index contributed by atoms with van der Waals surface area (Å²) < 4.78 is 0. The number of halogens is 1. The Balaban J connectivity index is 0.000001000. The summed E-state index contributed by atoms with van der Waals surface area (Å²) >= 11 is 0. The Morgan fingerprint density at radius 2 is 2.27 bits per heavy atom. The van der Waals surface area contributed by atoms with Crippen LogP contribution in [0.15, 0.2) is 0 Å². The molecule has 1 aliphatic carbocycles. The maximum Gasteiger partial charge on any atom is 0.236 e. The first-order chi connectivity index (χ1) is 4.74. The molecule has 0 bridgehead atoms. The molecule has 66 valence electrons. The number of nitrogens with two attached hydrogens (primary N) is 1. The van der Waals surface area contributed by atoms with E-state index in [1.807, 2.05) is 0 Å². The number of carbonyl (C=O) groups excluding carboxylic acids is 1. The molecule has 0 aromatic carbocycles. The smallest absolute Gasteiger partial charge is 0.236 e. The standard InChI is InChI=1S/C7H14N2O.ClH/c1-9-7(10)6(8)4-5-2-3-5;/h5-6H,2-4,8H2,1H3,(H,9,10);1H/t6-;/m0./s1. The number of amides is 1. The summed E-state index contributed by atoms with van der Waals surface area (Å²) in [5.41, 5.74) is 5.56. The lowest BCUT2D eigenvalue weighted by Crippen LogP contribution is -2.38. The van der Waals surface area contributed by atoms with Gasteiger partial charge in [0.15, 0.2) is 0 Å². The molecule has 1 fully saturated rings. The summed E-state index contributed by atoms with van der Waals surface area (Å²) in [6.45, 7) is 0. The zero-order valence-electron chi connectivity index (χ0n) is 6.67. The Morgan fingerprint density at radius 1 is 1.73 bits per heavy atom. The van der Waals surface area contributed by atoms with Gasteiger partial charge in [0.1, 0.15) is 0 Å². The molecule has 0 heterocycles. The van der Waals surface area contributed by atoms with Gasteiger partial charge in [-0.15, -0.1) is 12.4 Å². The van der Waals surface area contributed by atoms with Gasteiger partial charge < -0.3 is 11.1 Å². The first-order valence-corrected chi connectivity index (χ1v) is 3.71. The van der Waals surface area contributed by atoms with Crippen LogP contribution in [0, 0.1) is 5.92 Å². The summed E-state index contributed by atoms with van der Waals surface area (Å²) in [6.07, 6.45) is 3.37. The van der Waals surface area contributed by atoms with Crippen LogP contribution in [0.1, 0.15) is 19.3 Å². The highest BCUT2D eigenvalue weighted by Gasteiger charge is 2.26. The van der Waals surface area contributed by atoms with Gasteiger partial charge in [0.2, 0.25) is 5.91 Å². The maximum atomic E-state index is 10.8. The van der Waals surface area contributed by atoms with Gasteiger partial charge in [-0.3, -0.25) is 4.79 Å². The molecule has 3 N–H and O–H groups in total. The highest BCUT2D eigenvalue weighted by atomic mass is 35.5. The monoisotopic (exact) mass is 178 g/mol. The molecule has 0 radical (unpaired) electrons. The Hall–Kier alpha value is -0.280. The molecule has 1 rings (SSSR count). The first kappa shape index (κ1) is 10.7. The number of hydrogen-bond acceptors (Lipinski definition) is 2. The molecule has 0 unspecified atom stereocenters. The predicted molar refractivity (Wildman–Crippen MR) is 46.6 cm³/mol.